The Hall–Kier alpha value is -7.98. The van der Waals surface area contributed by atoms with Crippen LogP contribution < -0.4 is 4.90 Å². The van der Waals surface area contributed by atoms with Gasteiger partial charge in [0.2, 0.25) is 0 Å². The third kappa shape index (κ3) is 5.71. The Bertz CT molecular complexity index is 3910. The molecule has 0 saturated heterocycles. The second kappa shape index (κ2) is 14.3. The van der Waals surface area contributed by atoms with E-state index < -0.39 is 0 Å². The minimum absolute atomic E-state index is 0.868. The van der Waals surface area contributed by atoms with E-state index in [9.17, 15) is 0 Å². The maximum Gasteiger partial charge on any atom is 0.145 e. The topological polar surface area (TPSA) is 16.4 Å². The van der Waals surface area contributed by atoms with Crippen LogP contribution in [0.25, 0.3) is 108 Å². The van der Waals surface area contributed by atoms with E-state index in [2.05, 4.69) is 229 Å². The lowest BCUT2D eigenvalue weighted by molar-refractivity contribution is 0.670. The van der Waals surface area contributed by atoms with E-state index in [1.807, 2.05) is 11.3 Å². The highest BCUT2D eigenvalue weighted by Crippen LogP contribution is 2.49. The van der Waals surface area contributed by atoms with Gasteiger partial charge in [-0.3, -0.25) is 0 Å². The normalized spacial score (nSPS) is 11.8. The number of anilines is 3. The van der Waals surface area contributed by atoms with Crippen LogP contribution in [0.2, 0.25) is 0 Å². The van der Waals surface area contributed by atoms with Crippen LogP contribution >= 0.6 is 11.3 Å². The monoisotopic (exact) mass is 819 g/mol. The molecule has 13 rings (SSSR count). The lowest BCUT2D eigenvalue weighted by Crippen LogP contribution is -2.10. The van der Waals surface area contributed by atoms with Gasteiger partial charge >= 0.3 is 0 Å². The summed E-state index contributed by atoms with van der Waals surface area (Å²) in [5.41, 5.74) is 12.1. The Labute approximate surface area is 368 Å². The molecular weight excluding hydrogens is 783 g/mol. The number of rotatable bonds is 6. The summed E-state index contributed by atoms with van der Waals surface area (Å²) >= 11 is 1.88. The lowest BCUT2D eigenvalue weighted by Gasteiger charge is -2.27. The second-order valence-electron chi connectivity index (χ2n) is 16.4. The van der Waals surface area contributed by atoms with Crippen LogP contribution in [0.1, 0.15) is 0 Å². The molecule has 0 aliphatic rings. The van der Waals surface area contributed by atoms with Gasteiger partial charge in [-0.05, 0) is 109 Å². The first kappa shape index (κ1) is 35.7. The SMILES string of the molecule is c1ccc(-c2ccc(-c3ccc(N(c4ccc5c(ccc6ccccc65)c4)c4ccc(-c5cccc6ccccc56)c5oc6ccccc6c45)cc3)c3c2sc2ccccc23)cc1. The van der Waals surface area contributed by atoms with Gasteiger partial charge in [0.25, 0.3) is 0 Å². The van der Waals surface area contributed by atoms with Crippen molar-refractivity contribution in [2.75, 3.05) is 4.90 Å². The van der Waals surface area contributed by atoms with E-state index in [1.165, 1.54) is 74.7 Å². The predicted molar refractivity (Wildman–Crippen MR) is 270 cm³/mol. The Kier molecular flexibility index (Phi) is 8.12. The van der Waals surface area contributed by atoms with Gasteiger partial charge in [0.1, 0.15) is 11.2 Å². The van der Waals surface area contributed by atoms with Gasteiger partial charge in [-0.25, -0.2) is 0 Å². The Morgan fingerprint density at radius 2 is 0.968 bits per heavy atom. The molecule has 0 radical (unpaired) electrons. The molecule has 0 saturated carbocycles. The molecule has 0 fully saturated rings. The molecule has 13 aromatic rings. The van der Waals surface area contributed by atoms with Crippen molar-refractivity contribution in [2.45, 2.75) is 0 Å². The third-order valence-electron chi connectivity index (χ3n) is 12.9. The van der Waals surface area contributed by atoms with E-state index in [0.717, 1.165) is 50.1 Å². The maximum absolute atomic E-state index is 6.93. The number of benzene rings is 11. The first-order valence-corrected chi connectivity index (χ1v) is 22.3. The van der Waals surface area contributed by atoms with Crippen molar-refractivity contribution in [1.29, 1.82) is 0 Å². The van der Waals surface area contributed by atoms with E-state index in [-0.39, 0.29) is 0 Å². The molecule has 2 nitrogen and oxygen atoms in total. The maximum atomic E-state index is 6.93. The molecule has 0 aliphatic carbocycles. The van der Waals surface area contributed by atoms with E-state index >= 15 is 0 Å². The van der Waals surface area contributed by atoms with Crippen molar-refractivity contribution >= 4 is 103 Å². The molecule has 11 aromatic carbocycles. The van der Waals surface area contributed by atoms with E-state index in [0.29, 0.717) is 0 Å². The fraction of sp³-hybridized carbons (Fsp3) is 0. The number of para-hydroxylation sites is 1. The van der Waals surface area contributed by atoms with Crippen molar-refractivity contribution in [3.05, 3.63) is 224 Å². The molecule has 0 atom stereocenters. The standard InChI is InChI=1S/C60H37NOS/c1-2-13-39(14-3-1)49-34-33-48(57-53-21-9-11-24-56(53)63-60(49)57)41-27-29-43(30-28-41)61(44-31-32-47-42(37-44)26-25-40-16-5-6-18-45(40)47)54-36-35-51(50-22-12-17-38-15-4-7-19-46(38)50)59-58(54)52-20-8-10-23-55(52)62-59/h1-37H. The molecule has 0 amide bonds. The summed E-state index contributed by atoms with van der Waals surface area (Å²) in [4.78, 5) is 2.42. The van der Waals surface area contributed by atoms with Crippen molar-refractivity contribution < 1.29 is 4.42 Å². The van der Waals surface area contributed by atoms with E-state index in [1.54, 1.807) is 0 Å². The molecule has 63 heavy (non-hydrogen) atoms. The third-order valence-corrected chi connectivity index (χ3v) is 14.1. The van der Waals surface area contributed by atoms with Crippen LogP contribution in [0, 0.1) is 0 Å². The molecule has 0 aliphatic heterocycles. The minimum atomic E-state index is 0.868. The van der Waals surface area contributed by atoms with Crippen molar-refractivity contribution in [3.63, 3.8) is 0 Å². The number of thiophene rings is 1. The zero-order valence-electron chi connectivity index (χ0n) is 34.1. The number of furan rings is 1. The summed E-state index contributed by atoms with van der Waals surface area (Å²) in [5.74, 6) is 0. The quantitative estimate of drug-likeness (QED) is 0.155. The highest BCUT2D eigenvalue weighted by Gasteiger charge is 2.24. The van der Waals surface area contributed by atoms with Crippen LogP contribution in [-0.2, 0) is 0 Å². The van der Waals surface area contributed by atoms with Gasteiger partial charge in [-0.2, -0.15) is 0 Å². The van der Waals surface area contributed by atoms with Gasteiger partial charge in [0.05, 0.1) is 11.1 Å². The average Bonchev–Trinajstić information content (AvgIpc) is 3.94. The molecule has 0 N–H and O–H groups in total. The van der Waals surface area contributed by atoms with Crippen LogP contribution in [-0.4, -0.2) is 0 Å². The predicted octanol–water partition coefficient (Wildman–Crippen LogP) is 17.9. The highest BCUT2D eigenvalue weighted by molar-refractivity contribution is 7.26. The Balaban J connectivity index is 1.04. The van der Waals surface area contributed by atoms with Crippen LogP contribution in [0.15, 0.2) is 229 Å². The lowest BCUT2D eigenvalue weighted by atomic mass is 9.94. The molecule has 0 bridgehead atoms. The summed E-state index contributed by atoms with van der Waals surface area (Å²) in [6.45, 7) is 0. The van der Waals surface area contributed by atoms with Crippen molar-refractivity contribution in [1.82, 2.24) is 0 Å². The first-order chi connectivity index (χ1) is 31.2. The second-order valence-corrected chi connectivity index (χ2v) is 17.4. The Morgan fingerprint density at radius 3 is 1.83 bits per heavy atom. The molecular formula is C60H37NOS. The summed E-state index contributed by atoms with van der Waals surface area (Å²) in [6, 6.07) is 81.6. The van der Waals surface area contributed by atoms with Gasteiger partial charge in [0.15, 0.2) is 0 Å². The summed E-state index contributed by atoms with van der Waals surface area (Å²) < 4.78 is 9.54. The van der Waals surface area contributed by atoms with Gasteiger partial charge in [0, 0.05) is 42.5 Å². The summed E-state index contributed by atoms with van der Waals surface area (Å²) in [6.07, 6.45) is 0. The van der Waals surface area contributed by atoms with Crippen molar-refractivity contribution in [3.8, 4) is 33.4 Å². The number of hydrogen-bond donors (Lipinski definition) is 0. The van der Waals surface area contributed by atoms with Gasteiger partial charge in [-0.1, -0.05) is 176 Å². The molecule has 0 unspecified atom stereocenters. The summed E-state index contributed by atoms with van der Waals surface area (Å²) in [5, 5.41) is 12.1. The van der Waals surface area contributed by atoms with Crippen LogP contribution in [0.5, 0.6) is 0 Å². The fourth-order valence-corrected chi connectivity index (χ4v) is 11.2. The number of nitrogens with zero attached hydrogens (tertiary/aromatic N) is 1. The fourth-order valence-electron chi connectivity index (χ4n) is 9.94. The average molecular weight is 820 g/mol. The highest BCUT2D eigenvalue weighted by atomic mass is 32.1. The van der Waals surface area contributed by atoms with Gasteiger partial charge in [-0.15, -0.1) is 11.3 Å². The van der Waals surface area contributed by atoms with E-state index in [4.69, 9.17) is 4.42 Å². The molecule has 2 aromatic heterocycles. The zero-order chi connectivity index (χ0) is 41.4. The molecule has 0 spiro atoms. The van der Waals surface area contributed by atoms with Crippen LogP contribution in [0.3, 0.4) is 0 Å². The first-order valence-electron chi connectivity index (χ1n) is 21.5. The molecule has 294 valence electrons. The smallest absolute Gasteiger partial charge is 0.145 e. The minimum Gasteiger partial charge on any atom is -0.455 e. The van der Waals surface area contributed by atoms with Crippen molar-refractivity contribution in [2.24, 2.45) is 0 Å². The number of fused-ring (bicyclic) bond motifs is 10. The number of hydrogen-bond acceptors (Lipinski definition) is 3. The Morgan fingerprint density at radius 1 is 0.349 bits per heavy atom. The zero-order valence-corrected chi connectivity index (χ0v) is 34.9. The van der Waals surface area contributed by atoms with Crippen LogP contribution in [0.4, 0.5) is 17.1 Å². The summed E-state index contributed by atoms with van der Waals surface area (Å²) in [7, 11) is 0. The molecule has 3 heteroatoms. The molecule has 2 heterocycles. The largest absolute Gasteiger partial charge is 0.455 e. The van der Waals surface area contributed by atoms with Gasteiger partial charge < -0.3 is 9.32 Å².